The van der Waals surface area contributed by atoms with Crippen LogP contribution in [0.2, 0.25) is 0 Å². The summed E-state index contributed by atoms with van der Waals surface area (Å²) in [6, 6.07) is 7.83. The Hall–Kier alpha value is -1.61. The van der Waals surface area contributed by atoms with E-state index in [0.29, 0.717) is 13.0 Å². The minimum atomic E-state index is 0.0584. The number of allylic oxidation sites excluding steroid dienone is 5. The lowest BCUT2D eigenvalue weighted by atomic mass is 10.1. The smallest absolute Gasteiger partial charge is 0.224 e. The van der Waals surface area contributed by atoms with Gasteiger partial charge in [-0.25, -0.2) is 0 Å². The molecule has 1 N–H and O–H groups in total. The Morgan fingerprint density at radius 3 is 2.65 bits per heavy atom. The van der Waals surface area contributed by atoms with E-state index < -0.39 is 0 Å². The summed E-state index contributed by atoms with van der Waals surface area (Å²) in [6.45, 7) is 2.72. The Morgan fingerprint density at radius 1 is 1.20 bits per heavy atom. The van der Waals surface area contributed by atoms with Crippen molar-refractivity contribution >= 4 is 21.8 Å². The van der Waals surface area contributed by atoms with Gasteiger partial charge < -0.3 is 5.32 Å². The van der Waals surface area contributed by atoms with E-state index in [4.69, 9.17) is 0 Å². The molecule has 0 saturated carbocycles. The molecule has 0 radical (unpaired) electrons. The number of carbonyl (C=O) groups is 1. The molecule has 0 aromatic heterocycles. The summed E-state index contributed by atoms with van der Waals surface area (Å²) in [4.78, 5) is 11.9. The van der Waals surface area contributed by atoms with Crippen LogP contribution in [0.25, 0.3) is 0 Å². The number of nitrogens with one attached hydrogen (secondary N) is 1. The zero-order chi connectivity index (χ0) is 14.4. The number of amides is 1. The van der Waals surface area contributed by atoms with Crippen molar-refractivity contribution in [1.82, 2.24) is 5.32 Å². The van der Waals surface area contributed by atoms with Crippen molar-refractivity contribution in [2.24, 2.45) is 0 Å². The largest absolute Gasteiger partial charge is 0.352 e. The maximum absolute atomic E-state index is 11.9. The normalized spacial score (nSPS) is 14.3. The monoisotopic (exact) mass is 331 g/mol. The SMILES string of the molecule is CC1=CC=CC=C(CNC(=O)Cc2ccc(Br)cc2)C1. The van der Waals surface area contributed by atoms with E-state index in [0.717, 1.165) is 16.5 Å². The molecule has 1 aromatic carbocycles. The molecule has 104 valence electrons. The van der Waals surface area contributed by atoms with Crippen LogP contribution in [0.5, 0.6) is 0 Å². The van der Waals surface area contributed by atoms with Crippen molar-refractivity contribution in [3.05, 3.63) is 69.8 Å². The molecule has 2 rings (SSSR count). The highest BCUT2D eigenvalue weighted by Gasteiger charge is 2.05. The summed E-state index contributed by atoms with van der Waals surface area (Å²) in [7, 11) is 0. The van der Waals surface area contributed by atoms with Crippen molar-refractivity contribution in [1.29, 1.82) is 0 Å². The summed E-state index contributed by atoms with van der Waals surface area (Å²) in [5, 5.41) is 2.98. The third-order valence-electron chi connectivity index (χ3n) is 3.12. The van der Waals surface area contributed by atoms with E-state index in [9.17, 15) is 4.79 Å². The number of rotatable bonds is 4. The van der Waals surface area contributed by atoms with E-state index >= 15 is 0 Å². The molecule has 0 heterocycles. The van der Waals surface area contributed by atoms with E-state index in [-0.39, 0.29) is 5.91 Å². The molecule has 0 fully saturated rings. The van der Waals surface area contributed by atoms with Crippen molar-refractivity contribution in [2.45, 2.75) is 19.8 Å². The Bertz CT molecular complexity index is 567. The van der Waals surface area contributed by atoms with Crippen LogP contribution < -0.4 is 5.32 Å². The maximum atomic E-state index is 11.9. The number of carbonyl (C=O) groups excluding carboxylic acids is 1. The molecule has 20 heavy (non-hydrogen) atoms. The Labute approximate surface area is 128 Å². The zero-order valence-corrected chi connectivity index (χ0v) is 13.1. The molecule has 0 spiro atoms. The number of benzene rings is 1. The average Bonchev–Trinajstić information content (AvgIpc) is 2.63. The van der Waals surface area contributed by atoms with Crippen LogP contribution in [-0.2, 0) is 11.2 Å². The first-order valence-electron chi connectivity index (χ1n) is 6.66. The summed E-state index contributed by atoms with van der Waals surface area (Å²) in [6.07, 6.45) is 9.58. The van der Waals surface area contributed by atoms with Gasteiger partial charge in [0.2, 0.25) is 5.91 Å². The van der Waals surface area contributed by atoms with Crippen LogP contribution in [-0.4, -0.2) is 12.5 Å². The van der Waals surface area contributed by atoms with Crippen LogP contribution in [0.3, 0.4) is 0 Å². The van der Waals surface area contributed by atoms with Gasteiger partial charge in [0, 0.05) is 11.0 Å². The maximum Gasteiger partial charge on any atom is 0.224 e. The molecule has 0 aliphatic heterocycles. The van der Waals surface area contributed by atoms with Gasteiger partial charge in [0.15, 0.2) is 0 Å². The van der Waals surface area contributed by atoms with Crippen LogP contribution in [0.1, 0.15) is 18.9 Å². The fourth-order valence-electron chi connectivity index (χ4n) is 2.07. The first-order chi connectivity index (χ1) is 9.63. The lowest BCUT2D eigenvalue weighted by Gasteiger charge is -2.09. The second kappa shape index (κ2) is 7.25. The molecule has 0 unspecified atom stereocenters. The fourth-order valence-corrected chi connectivity index (χ4v) is 2.34. The second-order valence-electron chi connectivity index (χ2n) is 4.98. The number of halogens is 1. The fraction of sp³-hybridized carbons (Fsp3) is 0.235. The topological polar surface area (TPSA) is 29.1 Å². The Balaban J connectivity index is 1.83. The van der Waals surface area contributed by atoms with E-state index in [1.165, 1.54) is 11.1 Å². The van der Waals surface area contributed by atoms with Gasteiger partial charge in [0.1, 0.15) is 0 Å². The van der Waals surface area contributed by atoms with Gasteiger partial charge >= 0.3 is 0 Å². The Morgan fingerprint density at radius 2 is 1.90 bits per heavy atom. The van der Waals surface area contributed by atoms with Gasteiger partial charge in [-0.2, -0.15) is 0 Å². The highest BCUT2D eigenvalue weighted by Crippen LogP contribution is 2.14. The predicted molar refractivity (Wildman–Crippen MR) is 86.5 cm³/mol. The average molecular weight is 332 g/mol. The molecule has 2 nitrogen and oxygen atoms in total. The van der Waals surface area contributed by atoms with Gasteiger partial charge in [0.25, 0.3) is 0 Å². The molecule has 1 aromatic rings. The standard InChI is InChI=1S/C17H18BrNO/c1-13-4-2-3-5-15(10-13)12-19-17(20)11-14-6-8-16(18)9-7-14/h2-9H,10-12H2,1H3,(H,19,20). The highest BCUT2D eigenvalue weighted by molar-refractivity contribution is 9.10. The third kappa shape index (κ3) is 4.82. The van der Waals surface area contributed by atoms with Crippen molar-refractivity contribution < 1.29 is 4.79 Å². The number of hydrogen-bond donors (Lipinski definition) is 1. The molecule has 3 heteroatoms. The second-order valence-corrected chi connectivity index (χ2v) is 5.90. The Kier molecular flexibility index (Phi) is 5.36. The third-order valence-corrected chi connectivity index (χ3v) is 3.65. The van der Waals surface area contributed by atoms with Crippen molar-refractivity contribution in [2.75, 3.05) is 6.54 Å². The minimum Gasteiger partial charge on any atom is -0.352 e. The van der Waals surface area contributed by atoms with Gasteiger partial charge in [0.05, 0.1) is 6.42 Å². The van der Waals surface area contributed by atoms with E-state index in [1.807, 2.05) is 36.4 Å². The summed E-state index contributed by atoms with van der Waals surface area (Å²) >= 11 is 3.39. The minimum absolute atomic E-state index is 0.0584. The molecular formula is C17H18BrNO. The molecule has 0 atom stereocenters. The van der Waals surface area contributed by atoms with Crippen LogP contribution in [0.4, 0.5) is 0 Å². The van der Waals surface area contributed by atoms with Crippen LogP contribution in [0, 0.1) is 0 Å². The van der Waals surface area contributed by atoms with E-state index in [1.54, 1.807) is 0 Å². The molecule has 1 amide bonds. The van der Waals surface area contributed by atoms with Crippen LogP contribution in [0.15, 0.2) is 64.2 Å². The predicted octanol–water partition coefficient (Wildman–Crippen LogP) is 3.94. The van der Waals surface area contributed by atoms with Crippen LogP contribution >= 0.6 is 15.9 Å². The summed E-state index contributed by atoms with van der Waals surface area (Å²) in [5.41, 5.74) is 3.57. The zero-order valence-electron chi connectivity index (χ0n) is 11.5. The van der Waals surface area contributed by atoms with Gasteiger partial charge in [-0.3, -0.25) is 4.79 Å². The number of hydrogen-bond acceptors (Lipinski definition) is 1. The molecule has 1 aliphatic rings. The van der Waals surface area contributed by atoms with Crippen molar-refractivity contribution in [3.8, 4) is 0 Å². The van der Waals surface area contributed by atoms with Gasteiger partial charge in [-0.05, 0) is 36.6 Å². The molecule has 0 saturated heterocycles. The summed E-state index contributed by atoms with van der Waals surface area (Å²) < 4.78 is 1.03. The highest BCUT2D eigenvalue weighted by atomic mass is 79.9. The quantitative estimate of drug-likeness (QED) is 0.889. The molecule has 0 bridgehead atoms. The van der Waals surface area contributed by atoms with Gasteiger partial charge in [-0.1, -0.05) is 57.9 Å². The van der Waals surface area contributed by atoms with Crippen molar-refractivity contribution in [3.63, 3.8) is 0 Å². The van der Waals surface area contributed by atoms with Gasteiger partial charge in [-0.15, -0.1) is 0 Å². The lowest BCUT2D eigenvalue weighted by Crippen LogP contribution is -2.27. The molecule has 1 aliphatic carbocycles. The lowest BCUT2D eigenvalue weighted by molar-refractivity contribution is -0.120. The van der Waals surface area contributed by atoms with E-state index in [2.05, 4.69) is 40.3 Å². The first-order valence-corrected chi connectivity index (χ1v) is 7.46. The molecular weight excluding hydrogens is 314 g/mol. The first kappa shape index (κ1) is 14.8. The summed E-state index contributed by atoms with van der Waals surface area (Å²) in [5.74, 6) is 0.0584.